The van der Waals surface area contributed by atoms with E-state index in [2.05, 4.69) is 29.2 Å². The van der Waals surface area contributed by atoms with Crippen LogP contribution in [0.4, 0.5) is 17.1 Å². The van der Waals surface area contributed by atoms with Gasteiger partial charge in [-0.3, -0.25) is 9.69 Å². The molecule has 0 spiro atoms. The van der Waals surface area contributed by atoms with Crippen LogP contribution in [0.3, 0.4) is 0 Å². The molecule has 1 unspecified atom stereocenters. The summed E-state index contributed by atoms with van der Waals surface area (Å²) in [5, 5.41) is 0. The minimum Gasteiger partial charge on any atom is -0.378 e. The Morgan fingerprint density at radius 2 is 1.52 bits per heavy atom. The molecule has 0 radical (unpaired) electrons. The normalized spacial score (nSPS) is 21.1. The molecule has 2 aromatic rings. The molecule has 2 heterocycles. The van der Waals surface area contributed by atoms with Crippen LogP contribution in [0, 0.1) is 0 Å². The third-order valence-electron chi connectivity index (χ3n) is 4.68. The van der Waals surface area contributed by atoms with Crippen LogP contribution in [0.2, 0.25) is 0 Å². The summed E-state index contributed by atoms with van der Waals surface area (Å²) in [6.45, 7) is 3.71. The highest BCUT2D eigenvalue weighted by Gasteiger charge is 2.36. The quantitative estimate of drug-likeness (QED) is 0.859. The van der Waals surface area contributed by atoms with Crippen molar-refractivity contribution < 1.29 is 9.53 Å². The number of carbonyl (C=O) groups excluding carboxylic acids is 1. The molecule has 0 aliphatic carbocycles. The van der Waals surface area contributed by atoms with E-state index in [0.717, 1.165) is 37.7 Å². The summed E-state index contributed by atoms with van der Waals surface area (Å²) in [6.07, 6.45) is 0. The smallest absolute Gasteiger partial charge is 0.248 e. The van der Waals surface area contributed by atoms with Gasteiger partial charge in [-0.05, 0) is 36.4 Å². The van der Waals surface area contributed by atoms with Gasteiger partial charge in [0.2, 0.25) is 5.91 Å². The van der Waals surface area contributed by atoms with E-state index < -0.39 is 0 Å². The predicted octanol–water partition coefficient (Wildman–Crippen LogP) is 2.59. The average Bonchev–Trinajstić information content (AvgIpc) is 2.97. The molecule has 2 aliphatic heterocycles. The Hall–Kier alpha value is -2.18. The topological polar surface area (TPSA) is 36.0 Å². The van der Waals surface area contributed by atoms with Crippen LogP contribution in [0.25, 0.3) is 0 Å². The van der Waals surface area contributed by atoms with Gasteiger partial charge < -0.3 is 14.5 Å². The third-order valence-corrected chi connectivity index (χ3v) is 5.19. The van der Waals surface area contributed by atoms with E-state index in [-0.39, 0.29) is 11.4 Å². The molecule has 1 amide bonds. The van der Waals surface area contributed by atoms with E-state index in [1.165, 1.54) is 5.69 Å². The molecule has 4 rings (SSSR count). The lowest BCUT2D eigenvalue weighted by molar-refractivity contribution is -0.116. The van der Waals surface area contributed by atoms with Crippen LogP contribution in [0.15, 0.2) is 54.6 Å². The summed E-state index contributed by atoms with van der Waals surface area (Å²) in [6, 6.07) is 18.0. The highest BCUT2D eigenvalue weighted by atomic mass is 32.1. The fourth-order valence-electron chi connectivity index (χ4n) is 3.34. The van der Waals surface area contributed by atoms with Gasteiger partial charge in [0.25, 0.3) is 0 Å². The van der Waals surface area contributed by atoms with Crippen LogP contribution in [-0.2, 0) is 9.53 Å². The third kappa shape index (κ3) is 3.19. The minimum atomic E-state index is -0.302. The van der Waals surface area contributed by atoms with E-state index in [9.17, 15) is 4.79 Å². The number of morpholine rings is 1. The molecule has 6 heteroatoms. The molecule has 2 aromatic carbocycles. The Bertz CT molecular complexity index is 732. The molecule has 2 aliphatic rings. The number of para-hydroxylation sites is 1. The van der Waals surface area contributed by atoms with Crippen LogP contribution < -0.4 is 14.7 Å². The predicted molar refractivity (Wildman–Crippen MR) is 104 cm³/mol. The molecule has 5 nitrogen and oxygen atoms in total. The van der Waals surface area contributed by atoms with Crippen LogP contribution >= 0.6 is 12.6 Å². The Labute approximate surface area is 153 Å². The number of anilines is 3. The highest BCUT2D eigenvalue weighted by molar-refractivity contribution is 7.81. The number of amides is 1. The van der Waals surface area contributed by atoms with Crippen LogP contribution in [-0.4, -0.2) is 44.3 Å². The van der Waals surface area contributed by atoms with Crippen LogP contribution in [0.1, 0.15) is 0 Å². The summed E-state index contributed by atoms with van der Waals surface area (Å²) in [5.74, 6) is 0.0588. The molecule has 25 heavy (non-hydrogen) atoms. The van der Waals surface area contributed by atoms with Crippen molar-refractivity contribution in [2.45, 2.75) is 5.50 Å². The zero-order chi connectivity index (χ0) is 17.2. The number of rotatable bonds is 3. The first kappa shape index (κ1) is 16.3. The lowest BCUT2D eigenvalue weighted by Crippen LogP contribution is -2.36. The summed E-state index contributed by atoms with van der Waals surface area (Å²) in [7, 11) is 0. The van der Waals surface area contributed by atoms with Crippen molar-refractivity contribution in [3.05, 3.63) is 54.6 Å². The summed E-state index contributed by atoms with van der Waals surface area (Å²) < 4.78 is 5.40. The fourth-order valence-corrected chi connectivity index (χ4v) is 3.82. The summed E-state index contributed by atoms with van der Waals surface area (Å²) >= 11 is 4.70. The maximum atomic E-state index is 12.5. The van der Waals surface area contributed by atoms with Gasteiger partial charge in [-0.2, -0.15) is 0 Å². The van der Waals surface area contributed by atoms with Crippen molar-refractivity contribution in [1.29, 1.82) is 0 Å². The van der Waals surface area contributed by atoms with E-state index in [1.807, 2.05) is 35.2 Å². The highest BCUT2D eigenvalue weighted by Crippen LogP contribution is 2.31. The SMILES string of the molecule is O=C1CN(c2ccc(N3CCOCC3)cc2)C(S)N1c1ccccc1. The maximum Gasteiger partial charge on any atom is 0.248 e. The number of hydrogen-bond donors (Lipinski definition) is 1. The van der Waals surface area contributed by atoms with Crippen molar-refractivity contribution in [2.75, 3.05) is 47.5 Å². The molecule has 1 atom stereocenters. The molecule has 130 valence electrons. The van der Waals surface area contributed by atoms with Crippen molar-refractivity contribution in [2.24, 2.45) is 0 Å². The standard InChI is InChI=1S/C19H21N3O2S/c23-18-14-21(19(25)22(18)17-4-2-1-3-5-17)16-8-6-15(7-9-16)20-10-12-24-13-11-20/h1-9,19,25H,10-14H2. The molecule has 2 fully saturated rings. The average molecular weight is 355 g/mol. The van der Waals surface area contributed by atoms with E-state index in [0.29, 0.717) is 6.54 Å². The van der Waals surface area contributed by atoms with Crippen molar-refractivity contribution in [1.82, 2.24) is 0 Å². The van der Waals surface area contributed by atoms with Gasteiger partial charge in [0.1, 0.15) is 6.54 Å². The maximum absolute atomic E-state index is 12.5. The van der Waals surface area contributed by atoms with Gasteiger partial charge in [-0.1, -0.05) is 18.2 Å². The number of nitrogens with zero attached hydrogens (tertiary/aromatic N) is 3. The molecular formula is C19H21N3O2S. The van der Waals surface area contributed by atoms with Gasteiger partial charge >= 0.3 is 0 Å². The molecule has 0 aromatic heterocycles. The molecule has 0 N–H and O–H groups in total. The van der Waals surface area contributed by atoms with Gasteiger partial charge in [-0.15, -0.1) is 12.6 Å². The minimum absolute atomic E-state index is 0.0588. The number of thiol groups is 1. The second-order valence-electron chi connectivity index (χ2n) is 6.19. The lowest BCUT2D eigenvalue weighted by Gasteiger charge is -2.30. The first-order chi connectivity index (χ1) is 12.2. The second kappa shape index (κ2) is 6.98. The Kier molecular flexibility index (Phi) is 4.55. The van der Waals surface area contributed by atoms with Gasteiger partial charge in [0, 0.05) is 30.2 Å². The van der Waals surface area contributed by atoms with Gasteiger partial charge in [0.15, 0.2) is 5.50 Å². The lowest BCUT2D eigenvalue weighted by atomic mass is 10.2. The molecule has 0 saturated carbocycles. The van der Waals surface area contributed by atoms with Crippen molar-refractivity contribution >= 4 is 35.6 Å². The van der Waals surface area contributed by atoms with Gasteiger partial charge in [-0.25, -0.2) is 0 Å². The zero-order valence-electron chi connectivity index (χ0n) is 13.9. The zero-order valence-corrected chi connectivity index (χ0v) is 14.8. The number of carbonyl (C=O) groups is 1. The molecule has 0 bridgehead atoms. The first-order valence-electron chi connectivity index (χ1n) is 8.48. The Balaban J connectivity index is 1.53. The monoisotopic (exact) mass is 355 g/mol. The Morgan fingerprint density at radius 3 is 2.20 bits per heavy atom. The van der Waals surface area contributed by atoms with E-state index >= 15 is 0 Å². The summed E-state index contributed by atoms with van der Waals surface area (Å²) in [5.41, 5.74) is 2.76. The second-order valence-corrected chi connectivity index (χ2v) is 6.65. The number of benzene rings is 2. The fraction of sp³-hybridized carbons (Fsp3) is 0.316. The largest absolute Gasteiger partial charge is 0.378 e. The summed E-state index contributed by atoms with van der Waals surface area (Å²) in [4.78, 5) is 18.6. The van der Waals surface area contributed by atoms with Gasteiger partial charge in [0.05, 0.1) is 13.2 Å². The molecule has 2 saturated heterocycles. The first-order valence-corrected chi connectivity index (χ1v) is 9.00. The van der Waals surface area contributed by atoms with E-state index in [4.69, 9.17) is 17.4 Å². The molecular weight excluding hydrogens is 334 g/mol. The van der Waals surface area contributed by atoms with Crippen molar-refractivity contribution in [3.63, 3.8) is 0 Å². The van der Waals surface area contributed by atoms with Crippen LogP contribution in [0.5, 0.6) is 0 Å². The van der Waals surface area contributed by atoms with E-state index in [1.54, 1.807) is 4.90 Å². The Morgan fingerprint density at radius 1 is 0.880 bits per heavy atom. The van der Waals surface area contributed by atoms with Crippen molar-refractivity contribution in [3.8, 4) is 0 Å². The number of hydrogen-bond acceptors (Lipinski definition) is 5. The number of ether oxygens (including phenoxy) is 1.